The van der Waals surface area contributed by atoms with E-state index in [0.717, 1.165) is 37.7 Å². The average Bonchev–Trinajstić information content (AvgIpc) is 2.85. The van der Waals surface area contributed by atoms with E-state index >= 15 is 0 Å². The van der Waals surface area contributed by atoms with Crippen LogP contribution >= 0.6 is 11.6 Å². The van der Waals surface area contributed by atoms with Crippen LogP contribution in [-0.4, -0.2) is 31.9 Å². The first-order chi connectivity index (χ1) is 17.8. The number of hydrogen-bond donors (Lipinski definition) is 3. The zero-order valence-electron chi connectivity index (χ0n) is 21.6. The highest BCUT2D eigenvalue weighted by Crippen LogP contribution is 2.60. The molecule has 2 aromatic rings. The monoisotopic (exact) mass is 559 g/mol. The van der Waals surface area contributed by atoms with E-state index in [2.05, 4.69) is 10.6 Å². The van der Waals surface area contributed by atoms with Crippen LogP contribution in [0.15, 0.2) is 53.4 Å². The van der Waals surface area contributed by atoms with Crippen LogP contribution in [0.2, 0.25) is 5.02 Å². The first-order valence-electron chi connectivity index (χ1n) is 13.0. The molecule has 4 unspecified atom stereocenters. The van der Waals surface area contributed by atoms with Crippen LogP contribution in [0.1, 0.15) is 51.5 Å². The Kier molecular flexibility index (Phi) is 6.99. The van der Waals surface area contributed by atoms with Crippen molar-refractivity contribution in [1.29, 1.82) is 0 Å². The summed E-state index contributed by atoms with van der Waals surface area (Å²) in [4.78, 5) is 26.8. The predicted molar refractivity (Wildman–Crippen MR) is 144 cm³/mol. The molecule has 4 aliphatic carbocycles. The van der Waals surface area contributed by atoms with Gasteiger partial charge in [0.25, 0.3) is 5.91 Å². The van der Waals surface area contributed by atoms with Gasteiger partial charge in [-0.1, -0.05) is 23.7 Å². The van der Waals surface area contributed by atoms with E-state index in [1.807, 2.05) is 0 Å². The smallest absolute Gasteiger partial charge is 0.263 e. The molecule has 4 bridgehead atoms. The summed E-state index contributed by atoms with van der Waals surface area (Å²) in [5, 5.41) is 12.1. The minimum Gasteiger partial charge on any atom is -0.478 e. The number of rotatable bonds is 8. The maximum atomic E-state index is 13.5. The lowest BCUT2D eigenvalue weighted by molar-refractivity contribution is -0.152. The van der Waals surface area contributed by atoms with Gasteiger partial charge in [0.05, 0.1) is 10.3 Å². The number of nitrogens with one attached hydrogen (secondary N) is 2. The van der Waals surface area contributed by atoms with E-state index in [0.29, 0.717) is 23.2 Å². The van der Waals surface area contributed by atoms with Gasteiger partial charge in [0.2, 0.25) is 15.9 Å². The molecule has 4 aliphatic rings. The van der Waals surface area contributed by atoms with E-state index in [1.165, 1.54) is 12.1 Å². The second-order valence-electron chi connectivity index (χ2n) is 11.7. The van der Waals surface area contributed by atoms with Crippen LogP contribution < -0.4 is 20.5 Å². The number of halogens is 1. The van der Waals surface area contributed by atoms with Crippen LogP contribution in [0, 0.1) is 23.2 Å². The van der Waals surface area contributed by atoms with Gasteiger partial charge in [-0.3, -0.25) is 9.59 Å². The number of carbonyl (C=O) groups excluding carboxylic acids is 2. The van der Waals surface area contributed by atoms with Crippen molar-refractivity contribution in [2.24, 2.45) is 28.3 Å². The Labute approximate surface area is 228 Å². The number of benzene rings is 2. The lowest BCUT2D eigenvalue weighted by atomic mass is 9.47. The molecule has 2 aromatic carbocycles. The van der Waals surface area contributed by atoms with Crippen molar-refractivity contribution < 1.29 is 22.7 Å². The molecule has 10 heteroatoms. The third-order valence-electron chi connectivity index (χ3n) is 8.49. The number of amides is 2. The van der Waals surface area contributed by atoms with E-state index in [9.17, 15) is 18.0 Å². The highest BCUT2D eigenvalue weighted by Gasteiger charge is 2.59. The van der Waals surface area contributed by atoms with E-state index in [1.54, 1.807) is 50.2 Å². The summed E-state index contributed by atoms with van der Waals surface area (Å²) in [5.74, 6) is 1.44. The quantitative estimate of drug-likeness (QED) is 0.453. The second-order valence-corrected chi connectivity index (χ2v) is 13.7. The van der Waals surface area contributed by atoms with Crippen molar-refractivity contribution in [2.45, 2.75) is 69.0 Å². The maximum Gasteiger partial charge on any atom is 0.263 e. The summed E-state index contributed by atoms with van der Waals surface area (Å²) in [6, 6.07) is 13.2. The largest absolute Gasteiger partial charge is 0.478 e. The molecule has 0 spiro atoms. The molecule has 4 N–H and O–H groups in total. The zero-order valence-corrected chi connectivity index (χ0v) is 23.1. The van der Waals surface area contributed by atoms with E-state index in [4.69, 9.17) is 21.5 Å². The highest BCUT2D eigenvalue weighted by molar-refractivity contribution is 7.89. The van der Waals surface area contributed by atoms with Crippen LogP contribution in [0.25, 0.3) is 0 Å². The fraction of sp³-hybridized carbons (Fsp3) is 0.500. The normalized spacial score (nSPS) is 28.1. The molecule has 0 aliphatic heterocycles. The molecule has 0 saturated heterocycles. The van der Waals surface area contributed by atoms with Crippen molar-refractivity contribution in [3.05, 3.63) is 59.1 Å². The lowest BCUT2D eigenvalue weighted by Gasteiger charge is -2.59. The van der Waals surface area contributed by atoms with Crippen molar-refractivity contribution in [1.82, 2.24) is 10.6 Å². The fourth-order valence-corrected chi connectivity index (χ4v) is 7.52. The molecule has 6 rings (SSSR count). The van der Waals surface area contributed by atoms with Gasteiger partial charge in [0.15, 0.2) is 5.60 Å². The summed E-state index contributed by atoms with van der Waals surface area (Å²) in [5.41, 5.74) is -0.673. The minimum atomic E-state index is -3.75. The lowest BCUT2D eigenvalue weighted by Crippen LogP contribution is -2.64. The second kappa shape index (κ2) is 9.84. The van der Waals surface area contributed by atoms with E-state index < -0.39 is 21.0 Å². The van der Waals surface area contributed by atoms with Crippen LogP contribution in [0.4, 0.5) is 0 Å². The predicted octanol–water partition coefficient (Wildman–Crippen LogP) is 3.77. The Bertz CT molecular complexity index is 1310. The molecule has 8 nitrogen and oxygen atoms in total. The van der Waals surface area contributed by atoms with Crippen molar-refractivity contribution in [3.8, 4) is 5.75 Å². The molecular weight excluding hydrogens is 526 g/mol. The van der Waals surface area contributed by atoms with Crippen LogP contribution in [0.3, 0.4) is 0 Å². The zero-order chi connectivity index (χ0) is 27.3. The summed E-state index contributed by atoms with van der Waals surface area (Å²) in [6.07, 6.45) is 4.41. The van der Waals surface area contributed by atoms with Gasteiger partial charge in [-0.25, -0.2) is 13.6 Å². The Morgan fingerprint density at radius 2 is 1.63 bits per heavy atom. The first kappa shape index (κ1) is 27.0. The van der Waals surface area contributed by atoms with Gasteiger partial charge < -0.3 is 15.4 Å². The number of nitrogens with two attached hydrogens (primary N) is 1. The average molecular weight is 560 g/mol. The third kappa shape index (κ3) is 5.42. The molecule has 2 amide bonds. The van der Waals surface area contributed by atoms with Gasteiger partial charge in [0.1, 0.15) is 5.75 Å². The van der Waals surface area contributed by atoms with Crippen molar-refractivity contribution in [2.75, 3.05) is 0 Å². The summed E-state index contributed by atoms with van der Waals surface area (Å²) in [7, 11) is -3.75. The Balaban J connectivity index is 1.21. The molecule has 38 heavy (non-hydrogen) atoms. The minimum absolute atomic E-state index is 0.0267. The highest BCUT2D eigenvalue weighted by atomic mass is 35.5. The summed E-state index contributed by atoms with van der Waals surface area (Å²) < 4.78 is 29.0. The molecule has 4 saturated carbocycles. The molecule has 0 aromatic heterocycles. The Hall–Kier alpha value is -2.62. The number of sulfonamides is 1. The number of hydrogen-bond acceptors (Lipinski definition) is 5. The van der Waals surface area contributed by atoms with Crippen molar-refractivity contribution >= 4 is 33.4 Å². The molecule has 5 atom stereocenters. The van der Waals surface area contributed by atoms with E-state index in [-0.39, 0.29) is 34.6 Å². The molecule has 4 fully saturated rings. The molecule has 0 heterocycles. The van der Waals surface area contributed by atoms with Gasteiger partial charge in [0, 0.05) is 17.6 Å². The van der Waals surface area contributed by atoms with Crippen LogP contribution in [0.5, 0.6) is 5.75 Å². The topological polar surface area (TPSA) is 128 Å². The summed E-state index contributed by atoms with van der Waals surface area (Å²) in [6.45, 7) is 3.84. The number of carbonyl (C=O) groups is 2. The number of ether oxygens (including phenoxy) is 1. The Morgan fingerprint density at radius 3 is 2.21 bits per heavy atom. The maximum absolute atomic E-state index is 13.5. The third-order valence-corrected chi connectivity index (χ3v) is 9.67. The Morgan fingerprint density at radius 1 is 1.03 bits per heavy atom. The molecule has 204 valence electrons. The van der Waals surface area contributed by atoms with Gasteiger partial charge >= 0.3 is 0 Å². The summed E-state index contributed by atoms with van der Waals surface area (Å²) >= 11 is 5.96. The number of primary sulfonamides is 1. The van der Waals surface area contributed by atoms with Crippen LogP contribution in [-0.2, 0) is 26.2 Å². The first-order valence-corrected chi connectivity index (χ1v) is 14.9. The SMILES string of the molecule is CC(C)(Oc1ccc(Cl)cc1)C(=O)NC1C2CC3C[C@@H]1CC(C(=O)NCc1ccc(S(N)(=O)=O)cc1)(C3)C2. The molecule has 0 radical (unpaired) electrons. The van der Waals surface area contributed by atoms with Gasteiger partial charge in [-0.05, 0) is 106 Å². The van der Waals surface area contributed by atoms with Crippen molar-refractivity contribution in [3.63, 3.8) is 0 Å². The standard InChI is InChI=1S/C28H34ClN3O5S/c1-27(2,37-22-7-5-21(29)6-8-22)25(33)32-24-19-11-18-12-20(24)15-28(13-18,14-19)26(34)31-16-17-3-9-23(10-4-17)38(30,35)36/h3-10,18-20,24H,11-16H2,1-2H3,(H,31,34)(H,32,33)(H2,30,35,36)/t18?,19-,20?,24?,28?/m1/s1. The fourth-order valence-electron chi connectivity index (χ4n) is 6.87. The molecular formula is C28H34ClN3O5S. The van der Waals surface area contributed by atoms with Gasteiger partial charge in [-0.15, -0.1) is 0 Å². The van der Waals surface area contributed by atoms with Gasteiger partial charge in [-0.2, -0.15) is 0 Å².